The molecule has 0 aromatic heterocycles. The minimum Gasteiger partial charge on any atom is -0.394 e. The van der Waals surface area contributed by atoms with Crippen molar-refractivity contribution in [3.8, 4) is 0 Å². The Balaban J connectivity index is 2.44. The molecule has 1 heterocycles. The average molecular weight is 732 g/mol. The van der Waals surface area contributed by atoms with E-state index in [0.717, 1.165) is 44.9 Å². The van der Waals surface area contributed by atoms with Crippen molar-refractivity contribution in [2.75, 3.05) is 13.2 Å². The molecule has 0 aromatic carbocycles. The Bertz CT molecular complexity index is 846. The molecule has 11 nitrogen and oxygen atoms in total. The first-order valence-corrected chi connectivity index (χ1v) is 20.6. The van der Waals surface area contributed by atoms with Crippen LogP contribution in [0.5, 0.6) is 0 Å². The number of carbonyl (C=O) groups is 1. The second kappa shape index (κ2) is 31.2. The number of aliphatic hydroxyl groups excluding tert-OH is 7. The first-order valence-electron chi connectivity index (χ1n) is 20.6. The van der Waals surface area contributed by atoms with Crippen molar-refractivity contribution < 1.29 is 50.0 Å². The van der Waals surface area contributed by atoms with Crippen molar-refractivity contribution in [1.29, 1.82) is 0 Å². The van der Waals surface area contributed by atoms with Gasteiger partial charge >= 0.3 is 0 Å². The molecule has 9 unspecified atom stereocenters. The molecule has 1 amide bonds. The van der Waals surface area contributed by atoms with Gasteiger partial charge in [0, 0.05) is 0 Å². The number of rotatable bonds is 33. The first-order chi connectivity index (χ1) is 24.7. The van der Waals surface area contributed by atoms with Gasteiger partial charge < -0.3 is 50.5 Å². The third-order valence-electron chi connectivity index (χ3n) is 10.1. The molecule has 8 N–H and O–H groups in total. The van der Waals surface area contributed by atoms with Crippen molar-refractivity contribution >= 4 is 5.91 Å². The van der Waals surface area contributed by atoms with Crippen molar-refractivity contribution in [2.24, 2.45) is 0 Å². The first kappa shape index (κ1) is 47.9. The standard InChI is InChI=1S/C40H77NO10/c1-3-5-7-9-11-12-13-14-15-16-17-18-19-20-22-24-26-28-33(44)39(49)41-31(35(45)32(43)27-25-23-21-10-8-6-4-2)30-50-40-38(48)37(47)36(46)34(29-42)51-40/h10,21,31-38,40,42-48H,3-9,11-20,22-30H2,1-2H3,(H,41,49)/b21-10+. The van der Waals surface area contributed by atoms with E-state index < -0.39 is 74.2 Å². The van der Waals surface area contributed by atoms with E-state index in [0.29, 0.717) is 12.8 Å². The van der Waals surface area contributed by atoms with Crippen LogP contribution < -0.4 is 5.32 Å². The van der Waals surface area contributed by atoms with E-state index in [1.165, 1.54) is 83.5 Å². The third kappa shape index (κ3) is 22.0. The van der Waals surface area contributed by atoms with Crippen LogP contribution >= 0.6 is 0 Å². The fourth-order valence-electron chi connectivity index (χ4n) is 6.54. The molecule has 1 fully saturated rings. The largest absolute Gasteiger partial charge is 0.394 e. The lowest BCUT2D eigenvalue weighted by Gasteiger charge is -2.40. The summed E-state index contributed by atoms with van der Waals surface area (Å²) in [5.41, 5.74) is 0. The zero-order chi connectivity index (χ0) is 37.7. The second-order valence-corrected chi connectivity index (χ2v) is 14.7. The average Bonchev–Trinajstić information content (AvgIpc) is 3.13. The topological polar surface area (TPSA) is 189 Å². The Morgan fingerprint density at radius 3 is 1.67 bits per heavy atom. The minimum atomic E-state index is -1.66. The lowest BCUT2D eigenvalue weighted by molar-refractivity contribution is -0.303. The minimum absolute atomic E-state index is 0.257. The number of unbranched alkanes of at least 4 members (excludes halogenated alkanes) is 19. The van der Waals surface area contributed by atoms with Crippen LogP contribution in [0.4, 0.5) is 0 Å². The van der Waals surface area contributed by atoms with E-state index in [1.54, 1.807) is 0 Å². The molecule has 1 aliphatic heterocycles. The normalized spacial score (nSPS) is 23.4. The highest BCUT2D eigenvalue weighted by Gasteiger charge is 2.44. The number of amides is 1. The summed E-state index contributed by atoms with van der Waals surface area (Å²) in [4.78, 5) is 13.0. The number of nitrogens with one attached hydrogen (secondary N) is 1. The molecular formula is C40H77NO10. The Morgan fingerprint density at radius 2 is 1.16 bits per heavy atom. The highest BCUT2D eigenvalue weighted by Crippen LogP contribution is 2.23. The van der Waals surface area contributed by atoms with E-state index in [2.05, 4.69) is 25.2 Å². The summed E-state index contributed by atoms with van der Waals surface area (Å²) >= 11 is 0. The molecule has 0 spiro atoms. The predicted octanol–water partition coefficient (Wildman–Crippen LogP) is 5.33. The van der Waals surface area contributed by atoms with Gasteiger partial charge in [0.2, 0.25) is 5.91 Å². The van der Waals surface area contributed by atoms with E-state index in [1.807, 2.05) is 6.08 Å². The lowest BCUT2D eigenvalue weighted by atomic mass is 9.98. The maximum atomic E-state index is 13.0. The molecule has 0 radical (unpaired) electrons. The fraction of sp³-hybridized carbons (Fsp3) is 0.925. The van der Waals surface area contributed by atoms with E-state index in [4.69, 9.17) is 9.47 Å². The van der Waals surface area contributed by atoms with Gasteiger partial charge in [-0.1, -0.05) is 148 Å². The van der Waals surface area contributed by atoms with E-state index >= 15 is 0 Å². The molecular weight excluding hydrogens is 654 g/mol. The monoisotopic (exact) mass is 732 g/mol. The highest BCUT2D eigenvalue weighted by atomic mass is 16.7. The predicted molar refractivity (Wildman–Crippen MR) is 201 cm³/mol. The summed E-state index contributed by atoms with van der Waals surface area (Å²) in [7, 11) is 0. The highest BCUT2D eigenvalue weighted by molar-refractivity contribution is 5.80. The van der Waals surface area contributed by atoms with E-state index in [9.17, 15) is 40.5 Å². The molecule has 9 atom stereocenters. The van der Waals surface area contributed by atoms with Crippen LogP contribution in [0.15, 0.2) is 12.2 Å². The van der Waals surface area contributed by atoms with Crippen LogP contribution in [0.3, 0.4) is 0 Å². The smallest absolute Gasteiger partial charge is 0.249 e. The Morgan fingerprint density at radius 1 is 0.667 bits per heavy atom. The molecule has 51 heavy (non-hydrogen) atoms. The number of ether oxygens (including phenoxy) is 2. The van der Waals surface area contributed by atoms with Crippen molar-refractivity contribution in [2.45, 2.75) is 223 Å². The van der Waals surface area contributed by atoms with E-state index in [-0.39, 0.29) is 12.8 Å². The van der Waals surface area contributed by atoms with Gasteiger partial charge in [-0.15, -0.1) is 0 Å². The van der Waals surface area contributed by atoms with Gasteiger partial charge in [0.05, 0.1) is 25.4 Å². The summed E-state index contributed by atoms with van der Waals surface area (Å²) in [6.07, 6.45) is 18.8. The maximum absolute atomic E-state index is 13.0. The van der Waals surface area contributed by atoms with Crippen LogP contribution in [-0.4, -0.2) is 110 Å². The van der Waals surface area contributed by atoms with Gasteiger partial charge in [0.1, 0.15) is 36.6 Å². The Hall–Kier alpha value is -1.15. The third-order valence-corrected chi connectivity index (χ3v) is 10.1. The molecule has 1 rings (SSSR count). The van der Waals surface area contributed by atoms with Gasteiger partial charge in [-0.2, -0.15) is 0 Å². The summed E-state index contributed by atoms with van der Waals surface area (Å²) in [6.45, 7) is 3.31. The Labute approximate surface area is 309 Å². The van der Waals surface area contributed by atoms with Crippen LogP contribution in [0.2, 0.25) is 0 Å². The van der Waals surface area contributed by atoms with Gasteiger partial charge in [-0.25, -0.2) is 0 Å². The summed E-state index contributed by atoms with van der Waals surface area (Å²) in [5.74, 6) is -0.709. The number of carbonyl (C=O) groups excluding carboxylic acids is 1. The molecule has 1 aliphatic rings. The van der Waals surface area contributed by atoms with Crippen molar-refractivity contribution in [3.05, 3.63) is 12.2 Å². The molecule has 0 saturated carbocycles. The SMILES string of the molecule is CCCC/C=C/CCCC(O)C(O)C(COC1OC(CO)C(O)C(O)C1O)NC(=O)C(O)CCCCCCCCCCCCCCCCCCC. The number of aliphatic hydroxyl groups is 7. The Kier molecular flexibility index (Phi) is 29.3. The van der Waals surface area contributed by atoms with Gasteiger partial charge in [0.15, 0.2) is 6.29 Å². The van der Waals surface area contributed by atoms with Gasteiger partial charge in [-0.3, -0.25) is 4.79 Å². The molecule has 0 aromatic rings. The van der Waals surface area contributed by atoms with Gasteiger partial charge in [-0.05, 0) is 32.1 Å². The van der Waals surface area contributed by atoms with Crippen LogP contribution in [0.1, 0.15) is 168 Å². The molecule has 302 valence electrons. The maximum Gasteiger partial charge on any atom is 0.249 e. The zero-order valence-corrected chi connectivity index (χ0v) is 32.1. The number of hydrogen-bond acceptors (Lipinski definition) is 10. The fourth-order valence-corrected chi connectivity index (χ4v) is 6.54. The number of hydrogen-bond donors (Lipinski definition) is 8. The molecule has 1 saturated heterocycles. The summed E-state index contributed by atoms with van der Waals surface area (Å²) < 4.78 is 11.0. The molecule has 11 heteroatoms. The zero-order valence-electron chi connectivity index (χ0n) is 32.1. The van der Waals surface area contributed by atoms with Gasteiger partial charge in [0.25, 0.3) is 0 Å². The van der Waals surface area contributed by atoms with Crippen molar-refractivity contribution in [1.82, 2.24) is 5.32 Å². The molecule has 0 aliphatic carbocycles. The van der Waals surface area contributed by atoms with Crippen LogP contribution in [0, 0.1) is 0 Å². The second-order valence-electron chi connectivity index (χ2n) is 14.7. The van der Waals surface area contributed by atoms with Crippen LogP contribution in [-0.2, 0) is 14.3 Å². The number of allylic oxidation sites excluding steroid dienone is 2. The summed E-state index contributed by atoms with van der Waals surface area (Å²) in [5, 5.41) is 75.0. The lowest BCUT2D eigenvalue weighted by Crippen LogP contribution is -2.60. The summed E-state index contributed by atoms with van der Waals surface area (Å²) in [6, 6.07) is -1.18. The van der Waals surface area contributed by atoms with Crippen LogP contribution in [0.25, 0.3) is 0 Å². The molecule has 0 bridgehead atoms. The van der Waals surface area contributed by atoms with Crippen molar-refractivity contribution in [3.63, 3.8) is 0 Å². The quantitative estimate of drug-likeness (QED) is 0.0324.